The van der Waals surface area contributed by atoms with E-state index < -0.39 is 5.60 Å². The predicted molar refractivity (Wildman–Crippen MR) is 86.5 cm³/mol. The van der Waals surface area contributed by atoms with Gasteiger partial charge >= 0.3 is 6.09 Å². The van der Waals surface area contributed by atoms with Crippen LogP contribution < -0.4 is 0 Å². The Hall–Kier alpha value is -1.55. The summed E-state index contributed by atoms with van der Waals surface area (Å²) < 4.78 is 5.55. The molecule has 0 bridgehead atoms. The number of benzene rings is 1. The molecule has 1 fully saturated rings. The number of hydrogen-bond donors (Lipinski definition) is 1. The van der Waals surface area contributed by atoms with E-state index in [1.807, 2.05) is 58.0 Å². The molecule has 122 valence electrons. The van der Waals surface area contributed by atoms with Crippen LogP contribution in [0.15, 0.2) is 30.3 Å². The van der Waals surface area contributed by atoms with Crippen LogP contribution in [0.25, 0.3) is 0 Å². The molecule has 1 aromatic rings. The number of aliphatic hydroxyl groups is 1. The quantitative estimate of drug-likeness (QED) is 0.905. The van der Waals surface area contributed by atoms with E-state index in [1.165, 1.54) is 0 Å². The molecule has 0 radical (unpaired) electrons. The lowest BCUT2D eigenvalue weighted by molar-refractivity contribution is -0.00782. The Bertz CT molecular complexity index is 493. The molecule has 4 nitrogen and oxygen atoms in total. The van der Waals surface area contributed by atoms with Gasteiger partial charge in [-0.2, -0.15) is 0 Å². The van der Waals surface area contributed by atoms with Gasteiger partial charge in [-0.05, 0) is 52.0 Å². The average Bonchev–Trinajstić information content (AvgIpc) is 2.45. The van der Waals surface area contributed by atoms with Gasteiger partial charge in [0.2, 0.25) is 0 Å². The lowest BCUT2D eigenvalue weighted by Crippen LogP contribution is -2.45. The molecule has 1 amide bonds. The normalized spacial score (nSPS) is 24.0. The van der Waals surface area contributed by atoms with Gasteiger partial charge in [-0.15, -0.1) is 0 Å². The van der Waals surface area contributed by atoms with E-state index in [9.17, 15) is 9.90 Å². The fourth-order valence-electron chi connectivity index (χ4n) is 2.96. The molecule has 0 spiro atoms. The van der Waals surface area contributed by atoms with Crippen LogP contribution >= 0.6 is 0 Å². The van der Waals surface area contributed by atoms with E-state index in [1.54, 1.807) is 4.90 Å². The van der Waals surface area contributed by atoms with Crippen LogP contribution in [0.4, 0.5) is 4.79 Å². The lowest BCUT2D eigenvalue weighted by atomic mass is 9.84. The molecule has 0 aliphatic carbocycles. The van der Waals surface area contributed by atoms with E-state index in [0.29, 0.717) is 6.54 Å². The molecule has 1 heterocycles. The van der Waals surface area contributed by atoms with Gasteiger partial charge in [0.05, 0.1) is 12.1 Å². The van der Waals surface area contributed by atoms with Crippen molar-refractivity contribution in [3.05, 3.63) is 35.9 Å². The minimum Gasteiger partial charge on any atom is -0.444 e. The fourth-order valence-corrected chi connectivity index (χ4v) is 2.96. The second-order valence-corrected chi connectivity index (χ2v) is 7.13. The van der Waals surface area contributed by atoms with E-state index in [-0.39, 0.29) is 24.2 Å². The molecule has 1 aromatic carbocycles. The number of aliphatic hydroxyl groups excluding tert-OH is 1. The van der Waals surface area contributed by atoms with Gasteiger partial charge < -0.3 is 14.7 Å². The van der Waals surface area contributed by atoms with E-state index >= 15 is 0 Å². The molecular formula is C18H27NO3. The van der Waals surface area contributed by atoms with Gasteiger partial charge in [0.15, 0.2) is 0 Å². The van der Waals surface area contributed by atoms with Crippen molar-refractivity contribution in [3.8, 4) is 0 Å². The third-order valence-electron chi connectivity index (χ3n) is 4.14. The minimum absolute atomic E-state index is 0.0376. The van der Waals surface area contributed by atoms with Crippen molar-refractivity contribution in [2.75, 3.05) is 6.54 Å². The molecule has 22 heavy (non-hydrogen) atoms. The van der Waals surface area contributed by atoms with Crippen LogP contribution in [0.5, 0.6) is 0 Å². The van der Waals surface area contributed by atoms with Crippen molar-refractivity contribution in [1.82, 2.24) is 4.90 Å². The van der Waals surface area contributed by atoms with Gasteiger partial charge in [0.1, 0.15) is 5.60 Å². The topological polar surface area (TPSA) is 49.8 Å². The standard InChI is InChI=1S/C18H27NO3/c1-13(20)15-10-11-19(17(21)22-18(2,3)4)16(12-15)14-8-6-5-7-9-14/h5-9,13,15-16,20H,10-12H2,1-4H3. The number of ether oxygens (including phenoxy) is 1. The first-order valence-electron chi connectivity index (χ1n) is 8.00. The maximum absolute atomic E-state index is 12.5. The zero-order valence-corrected chi connectivity index (χ0v) is 14.0. The summed E-state index contributed by atoms with van der Waals surface area (Å²) in [4.78, 5) is 14.3. The van der Waals surface area contributed by atoms with Gasteiger partial charge in [0, 0.05) is 6.54 Å². The van der Waals surface area contributed by atoms with Gasteiger partial charge in [-0.25, -0.2) is 4.79 Å². The first-order chi connectivity index (χ1) is 10.3. The first kappa shape index (κ1) is 16.8. The Kier molecular flexibility index (Phi) is 5.12. The SMILES string of the molecule is CC(O)C1CCN(C(=O)OC(C)(C)C)C(c2ccccc2)C1. The molecule has 0 aromatic heterocycles. The summed E-state index contributed by atoms with van der Waals surface area (Å²) in [5, 5.41) is 9.92. The molecular weight excluding hydrogens is 278 g/mol. The molecule has 3 atom stereocenters. The summed E-state index contributed by atoms with van der Waals surface area (Å²) >= 11 is 0. The van der Waals surface area contributed by atoms with Gasteiger partial charge in [0.25, 0.3) is 0 Å². The highest BCUT2D eigenvalue weighted by atomic mass is 16.6. The summed E-state index contributed by atoms with van der Waals surface area (Å²) in [6.45, 7) is 8.08. The Morgan fingerprint density at radius 1 is 1.32 bits per heavy atom. The second-order valence-electron chi connectivity index (χ2n) is 7.13. The molecule has 1 aliphatic rings. The Morgan fingerprint density at radius 3 is 2.50 bits per heavy atom. The van der Waals surface area contributed by atoms with Crippen molar-refractivity contribution in [2.24, 2.45) is 5.92 Å². The maximum atomic E-state index is 12.5. The highest BCUT2D eigenvalue weighted by molar-refractivity contribution is 5.69. The van der Waals surface area contributed by atoms with E-state index in [0.717, 1.165) is 18.4 Å². The summed E-state index contributed by atoms with van der Waals surface area (Å²) in [6.07, 6.45) is 0.943. The number of amides is 1. The average molecular weight is 305 g/mol. The van der Waals surface area contributed by atoms with Crippen molar-refractivity contribution >= 4 is 6.09 Å². The predicted octanol–water partition coefficient (Wildman–Crippen LogP) is 3.76. The number of nitrogens with zero attached hydrogens (tertiary/aromatic N) is 1. The smallest absolute Gasteiger partial charge is 0.410 e. The monoisotopic (exact) mass is 305 g/mol. The maximum Gasteiger partial charge on any atom is 0.410 e. The number of piperidine rings is 1. The Labute approximate surface area is 133 Å². The third kappa shape index (κ3) is 4.23. The summed E-state index contributed by atoms with van der Waals surface area (Å²) in [7, 11) is 0. The number of carbonyl (C=O) groups is 1. The highest BCUT2D eigenvalue weighted by Gasteiger charge is 2.36. The van der Waals surface area contributed by atoms with Crippen LogP contribution in [-0.4, -0.2) is 34.3 Å². The van der Waals surface area contributed by atoms with E-state index in [2.05, 4.69) is 0 Å². The minimum atomic E-state index is -0.501. The van der Waals surface area contributed by atoms with Gasteiger partial charge in [-0.1, -0.05) is 30.3 Å². The highest BCUT2D eigenvalue weighted by Crippen LogP contribution is 2.36. The molecule has 4 heteroatoms. The van der Waals surface area contributed by atoms with Crippen molar-refractivity contribution < 1.29 is 14.6 Å². The first-order valence-corrected chi connectivity index (χ1v) is 8.00. The number of hydrogen-bond acceptors (Lipinski definition) is 3. The fraction of sp³-hybridized carbons (Fsp3) is 0.611. The molecule has 1 saturated heterocycles. The Balaban J connectivity index is 2.21. The Morgan fingerprint density at radius 2 is 1.95 bits per heavy atom. The van der Waals surface area contributed by atoms with Crippen molar-refractivity contribution in [1.29, 1.82) is 0 Å². The number of carbonyl (C=O) groups excluding carboxylic acids is 1. The summed E-state index contributed by atoms with van der Waals surface area (Å²) in [5.41, 5.74) is 0.595. The van der Waals surface area contributed by atoms with Crippen LogP contribution in [0, 0.1) is 5.92 Å². The van der Waals surface area contributed by atoms with Crippen LogP contribution in [0.1, 0.15) is 52.1 Å². The van der Waals surface area contributed by atoms with Gasteiger partial charge in [-0.3, -0.25) is 0 Å². The van der Waals surface area contributed by atoms with Crippen LogP contribution in [0.3, 0.4) is 0 Å². The second kappa shape index (κ2) is 6.69. The van der Waals surface area contributed by atoms with Crippen LogP contribution in [0.2, 0.25) is 0 Å². The molecule has 2 rings (SSSR count). The zero-order chi connectivity index (χ0) is 16.3. The molecule has 1 N–H and O–H groups in total. The van der Waals surface area contributed by atoms with Crippen LogP contribution in [-0.2, 0) is 4.74 Å². The zero-order valence-electron chi connectivity index (χ0n) is 14.0. The summed E-state index contributed by atoms with van der Waals surface area (Å²) in [5.74, 6) is 0.212. The number of likely N-dealkylation sites (tertiary alicyclic amines) is 1. The molecule has 3 unspecified atom stereocenters. The van der Waals surface area contributed by atoms with Crippen molar-refractivity contribution in [3.63, 3.8) is 0 Å². The molecule has 0 saturated carbocycles. The molecule has 1 aliphatic heterocycles. The summed E-state index contributed by atoms with van der Waals surface area (Å²) in [6, 6.07) is 9.96. The largest absolute Gasteiger partial charge is 0.444 e. The number of rotatable bonds is 2. The van der Waals surface area contributed by atoms with Crippen molar-refractivity contribution in [2.45, 2.75) is 58.3 Å². The third-order valence-corrected chi connectivity index (χ3v) is 4.14. The van der Waals surface area contributed by atoms with E-state index in [4.69, 9.17) is 4.74 Å². The lowest BCUT2D eigenvalue weighted by Gasteiger charge is -2.41.